The second-order valence-corrected chi connectivity index (χ2v) is 5.63. The molecular weight excluding hydrogens is 258 g/mol. The van der Waals surface area contributed by atoms with Crippen molar-refractivity contribution in [3.05, 3.63) is 35.9 Å². The van der Waals surface area contributed by atoms with Gasteiger partial charge in [0.15, 0.2) is 0 Å². The Hall–Kier alpha value is -1.59. The Balaban J connectivity index is 2.14. The van der Waals surface area contributed by atoms with Gasteiger partial charge < -0.3 is 19.9 Å². The fourth-order valence-corrected chi connectivity index (χ4v) is 1.45. The van der Waals surface area contributed by atoms with E-state index in [0.717, 1.165) is 5.56 Å². The van der Waals surface area contributed by atoms with Crippen LogP contribution in [0.5, 0.6) is 0 Å². The summed E-state index contributed by atoms with van der Waals surface area (Å²) in [4.78, 5) is 11.4. The Morgan fingerprint density at radius 1 is 1.25 bits per heavy atom. The normalized spacial score (nSPS) is 12.8. The highest BCUT2D eigenvalue weighted by Gasteiger charge is 2.15. The van der Waals surface area contributed by atoms with Crippen LogP contribution >= 0.6 is 0 Å². The van der Waals surface area contributed by atoms with Crippen molar-refractivity contribution in [3.63, 3.8) is 0 Å². The molecule has 1 aromatic rings. The van der Waals surface area contributed by atoms with E-state index >= 15 is 0 Å². The number of carbonyl (C=O) groups is 1. The lowest BCUT2D eigenvalue weighted by atomic mass is 10.1. The number of nitrogens with one attached hydrogen (secondary N) is 1. The molecule has 0 unspecified atom stereocenters. The van der Waals surface area contributed by atoms with Crippen LogP contribution in [0.15, 0.2) is 30.3 Å². The van der Waals surface area contributed by atoms with Crippen molar-refractivity contribution in [2.45, 2.75) is 39.0 Å². The fraction of sp³-hybridized carbons (Fsp3) is 0.533. The number of benzene rings is 1. The van der Waals surface area contributed by atoms with E-state index in [9.17, 15) is 9.90 Å². The third kappa shape index (κ3) is 7.76. The molecule has 1 aromatic carbocycles. The Bertz CT molecular complexity index is 400. The molecule has 0 aliphatic carbocycles. The molecule has 0 saturated carbocycles. The monoisotopic (exact) mass is 281 g/mol. The average Bonchev–Trinajstić information content (AvgIpc) is 2.36. The first-order chi connectivity index (χ1) is 9.37. The molecule has 0 aromatic heterocycles. The Labute approximate surface area is 119 Å². The van der Waals surface area contributed by atoms with Crippen LogP contribution in [0.4, 0.5) is 4.79 Å². The summed E-state index contributed by atoms with van der Waals surface area (Å²) in [5.74, 6) is 0. The van der Waals surface area contributed by atoms with Crippen LogP contribution in [0, 0.1) is 0 Å². The molecule has 1 rings (SSSR count). The summed E-state index contributed by atoms with van der Waals surface area (Å²) in [5.41, 5.74) is 0.678. The molecule has 0 aliphatic heterocycles. The minimum Gasteiger partial charge on any atom is -0.447 e. The van der Waals surface area contributed by atoms with Crippen LogP contribution in [0.25, 0.3) is 0 Å². The van der Waals surface area contributed by atoms with E-state index in [1.807, 2.05) is 51.1 Å². The van der Waals surface area contributed by atoms with E-state index in [0.29, 0.717) is 6.61 Å². The highest BCUT2D eigenvalue weighted by molar-refractivity contribution is 5.68. The number of aliphatic hydroxyl groups excluding tert-OH is 1. The van der Waals surface area contributed by atoms with E-state index in [2.05, 4.69) is 5.32 Å². The summed E-state index contributed by atoms with van der Waals surface area (Å²) >= 11 is 0. The molecular formula is C15H23NO4. The highest BCUT2D eigenvalue weighted by atomic mass is 16.6. The van der Waals surface area contributed by atoms with E-state index < -0.39 is 12.2 Å². The van der Waals surface area contributed by atoms with Crippen LogP contribution in [-0.2, 0) is 16.1 Å². The summed E-state index contributed by atoms with van der Waals surface area (Å²) in [6, 6.07) is 9.67. The molecule has 1 atom stereocenters. The summed E-state index contributed by atoms with van der Waals surface area (Å²) in [6.45, 7) is 6.02. The van der Waals surface area contributed by atoms with Crippen LogP contribution in [0.1, 0.15) is 26.3 Å². The van der Waals surface area contributed by atoms with Crippen molar-refractivity contribution < 1.29 is 19.4 Å². The van der Waals surface area contributed by atoms with Crippen molar-refractivity contribution in [3.8, 4) is 0 Å². The molecule has 5 heteroatoms. The smallest absolute Gasteiger partial charge is 0.407 e. The predicted octanol–water partition coefficient (Wildman–Crippen LogP) is 2.09. The Morgan fingerprint density at radius 3 is 2.50 bits per heavy atom. The molecule has 0 fully saturated rings. The zero-order valence-electron chi connectivity index (χ0n) is 12.3. The molecule has 0 bridgehead atoms. The lowest BCUT2D eigenvalue weighted by molar-refractivity contribution is -0.00637. The lowest BCUT2D eigenvalue weighted by Gasteiger charge is -2.20. The van der Waals surface area contributed by atoms with Crippen LogP contribution < -0.4 is 5.32 Å². The summed E-state index contributed by atoms with van der Waals surface area (Å²) < 4.78 is 10.3. The number of alkyl carbamates (subject to hydrolysis) is 1. The Morgan fingerprint density at radius 2 is 1.90 bits per heavy atom. The number of hydrogen-bond donors (Lipinski definition) is 2. The standard InChI is InChI=1S/C15H23NO4/c1-15(2,3)16-14(18)20-11-13(17)10-19-9-12-7-5-4-6-8-12/h4-8,13,17H,9-11H2,1-3H3,(H,16,18)/t13-/m1/s1. The van der Waals surface area contributed by atoms with Gasteiger partial charge in [-0.1, -0.05) is 30.3 Å². The fourth-order valence-electron chi connectivity index (χ4n) is 1.45. The van der Waals surface area contributed by atoms with Crippen molar-refractivity contribution in [2.24, 2.45) is 0 Å². The van der Waals surface area contributed by atoms with Gasteiger partial charge in [-0.25, -0.2) is 4.79 Å². The molecule has 0 spiro atoms. The second kappa shape index (κ2) is 7.87. The van der Waals surface area contributed by atoms with Gasteiger partial charge in [0.2, 0.25) is 0 Å². The van der Waals surface area contributed by atoms with Gasteiger partial charge in [-0.05, 0) is 26.3 Å². The second-order valence-electron chi connectivity index (χ2n) is 5.63. The van der Waals surface area contributed by atoms with Gasteiger partial charge in [-0.2, -0.15) is 0 Å². The lowest BCUT2D eigenvalue weighted by Crippen LogP contribution is -2.42. The van der Waals surface area contributed by atoms with Gasteiger partial charge in [0.05, 0.1) is 13.2 Å². The zero-order valence-corrected chi connectivity index (χ0v) is 12.3. The van der Waals surface area contributed by atoms with Crippen molar-refractivity contribution >= 4 is 6.09 Å². The molecule has 5 nitrogen and oxygen atoms in total. The third-order valence-corrected chi connectivity index (χ3v) is 2.31. The average molecular weight is 281 g/mol. The largest absolute Gasteiger partial charge is 0.447 e. The molecule has 20 heavy (non-hydrogen) atoms. The SMILES string of the molecule is CC(C)(C)NC(=O)OC[C@H](O)COCc1ccccc1. The predicted molar refractivity (Wildman–Crippen MR) is 76.3 cm³/mol. The van der Waals surface area contributed by atoms with Crippen molar-refractivity contribution in [2.75, 3.05) is 13.2 Å². The van der Waals surface area contributed by atoms with E-state index in [1.165, 1.54) is 0 Å². The van der Waals surface area contributed by atoms with Crippen LogP contribution in [0.2, 0.25) is 0 Å². The van der Waals surface area contributed by atoms with Gasteiger partial charge in [0.1, 0.15) is 12.7 Å². The molecule has 0 aliphatic rings. The van der Waals surface area contributed by atoms with Crippen molar-refractivity contribution in [1.82, 2.24) is 5.32 Å². The number of ether oxygens (including phenoxy) is 2. The van der Waals surface area contributed by atoms with Gasteiger partial charge in [-0.15, -0.1) is 0 Å². The highest BCUT2D eigenvalue weighted by Crippen LogP contribution is 2.02. The summed E-state index contributed by atoms with van der Waals surface area (Å²) in [7, 11) is 0. The van der Waals surface area contributed by atoms with Crippen LogP contribution in [0.3, 0.4) is 0 Å². The van der Waals surface area contributed by atoms with Gasteiger partial charge in [0, 0.05) is 5.54 Å². The number of aliphatic hydroxyl groups is 1. The van der Waals surface area contributed by atoms with E-state index in [4.69, 9.17) is 9.47 Å². The van der Waals surface area contributed by atoms with E-state index in [1.54, 1.807) is 0 Å². The molecule has 0 radical (unpaired) electrons. The first-order valence-electron chi connectivity index (χ1n) is 6.61. The number of hydrogen-bond acceptors (Lipinski definition) is 4. The third-order valence-electron chi connectivity index (χ3n) is 2.31. The van der Waals surface area contributed by atoms with E-state index in [-0.39, 0.29) is 18.8 Å². The van der Waals surface area contributed by atoms with Crippen molar-refractivity contribution in [1.29, 1.82) is 0 Å². The quantitative estimate of drug-likeness (QED) is 0.838. The van der Waals surface area contributed by atoms with Gasteiger partial charge in [0.25, 0.3) is 0 Å². The van der Waals surface area contributed by atoms with Gasteiger partial charge >= 0.3 is 6.09 Å². The zero-order chi connectivity index (χ0) is 15.0. The topological polar surface area (TPSA) is 67.8 Å². The molecule has 0 heterocycles. The number of carbonyl (C=O) groups excluding carboxylic acids is 1. The minimum absolute atomic E-state index is 0.0866. The maximum atomic E-state index is 11.4. The molecule has 112 valence electrons. The summed E-state index contributed by atoms with van der Waals surface area (Å²) in [6.07, 6.45) is -1.37. The molecule has 1 amide bonds. The maximum Gasteiger partial charge on any atom is 0.407 e. The number of amides is 1. The molecule has 2 N–H and O–H groups in total. The van der Waals surface area contributed by atoms with Gasteiger partial charge in [-0.3, -0.25) is 0 Å². The Kier molecular flexibility index (Phi) is 6.48. The van der Waals surface area contributed by atoms with Crippen LogP contribution in [-0.4, -0.2) is 36.1 Å². The first kappa shape index (κ1) is 16.5. The molecule has 0 saturated heterocycles. The summed E-state index contributed by atoms with van der Waals surface area (Å²) in [5, 5.41) is 12.3. The minimum atomic E-state index is -0.829. The maximum absolute atomic E-state index is 11.4. The number of rotatable bonds is 6. The first-order valence-corrected chi connectivity index (χ1v) is 6.61.